The van der Waals surface area contributed by atoms with Crippen molar-refractivity contribution in [3.8, 4) is 5.75 Å². The lowest BCUT2D eigenvalue weighted by Gasteiger charge is -2.42. The van der Waals surface area contributed by atoms with Crippen LogP contribution in [0.5, 0.6) is 5.75 Å². The molecule has 30 heavy (non-hydrogen) atoms. The molecule has 1 aliphatic rings. The minimum atomic E-state index is -1.07. The van der Waals surface area contributed by atoms with Gasteiger partial charge in [-0.05, 0) is 38.5 Å². The molecule has 6 nitrogen and oxygen atoms in total. The molecule has 0 fully saturated rings. The number of amides is 1. The summed E-state index contributed by atoms with van der Waals surface area (Å²) in [5.74, 6) is 0.102. The Morgan fingerprint density at radius 3 is 2.63 bits per heavy atom. The second-order valence-electron chi connectivity index (χ2n) is 8.47. The number of aliphatic hydroxyl groups is 1. The average molecular weight is 406 g/mol. The molecule has 0 saturated carbocycles. The van der Waals surface area contributed by atoms with Crippen LogP contribution >= 0.6 is 0 Å². The number of carbonyl (C=O) groups excluding carboxylic acids is 1. The van der Waals surface area contributed by atoms with Crippen LogP contribution in [0.4, 0.5) is 0 Å². The van der Waals surface area contributed by atoms with Crippen LogP contribution in [0.3, 0.4) is 0 Å². The van der Waals surface area contributed by atoms with E-state index in [0.717, 1.165) is 22.0 Å². The first kappa shape index (κ1) is 20.2. The molecule has 2 heterocycles. The SMILES string of the molecule is CC(=O)N[C@H]1c2c(c3ccccc3n(Cc3cccc(C)c3)c2=O)OC(C)(C)[C@@H]1O. The number of aromatic nitrogens is 1. The number of nitrogens with one attached hydrogen (secondary N) is 1. The smallest absolute Gasteiger partial charge is 0.260 e. The number of hydrogen-bond acceptors (Lipinski definition) is 4. The van der Waals surface area contributed by atoms with E-state index in [1.54, 1.807) is 18.4 Å². The van der Waals surface area contributed by atoms with Crippen LogP contribution in [-0.4, -0.2) is 27.3 Å². The van der Waals surface area contributed by atoms with E-state index in [9.17, 15) is 14.7 Å². The summed E-state index contributed by atoms with van der Waals surface area (Å²) in [7, 11) is 0. The van der Waals surface area contributed by atoms with Crippen molar-refractivity contribution < 1.29 is 14.6 Å². The van der Waals surface area contributed by atoms with Gasteiger partial charge in [0.15, 0.2) is 0 Å². The summed E-state index contributed by atoms with van der Waals surface area (Å²) >= 11 is 0. The number of para-hydroxylation sites is 1. The third kappa shape index (κ3) is 3.37. The summed E-state index contributed by atoms with van der Waals surface area (Å²) in [5.41, 5.74) is 1.88. The molecule has 0 radical (unpaired) electrons. The van der Waals surface area contributed by atoms with E-state index in [0.29, 0.717) is 12.3 Å². The van der Waals surface area contributed by atoms with Crippen molar-refractivity contribution in [2.75, 3.05) is 0 Å². The van der Waals surface area contributed by atoms with E-state index in [1.807, 2.05) is 55.5 Å². The van der Waals surface area contributed by atoms with Gasteiger partial charge in [-0.15, -0.1) is 0 Å². The zero-order chi connectivity index (χ0) is 21.6. The van der Waals surface area contributed by atoms with Crippen molar-refractivity contribution in [1.82, 2.24) is 9.88 Å². The Kier molecular flexibility index (Phi) is 4.90. The molecule has 4 rings (SSSR count). The largest absolute Gasteiger partial charge is 0.484 e. The van der Waals surface area contributed by atoms with Gasteiger partial charge in [0.1, 0.15) is 17.5 Å². The second-order valence-corrected chi connectivity index (χ2v) is 8.47. The number of nitrogens with zero attached hydrogens (tertiary/aromatic N) is 1. The van der Waals surface area contributed by atoms with E-state index in [1.165, 1.54) is 6.92 Å². The Hall–Kier alpha value is -3.12. The fraction of sp³-hybridized carbons (Fsp3) is 0.333. The summed E-state index contributed by atoms with van der Waals surface area (Å²) in [6, 6.07) is 14.7. The highest BCUT2D eigenvalue weighted by Gasteiger charge is 2.46. The fourth-order valence-corrected chi connectivity index (χ4v) is 4.19. The summed E-state index contributed by atoms with van der Waals surface area (Å²) in [4.78, 5) is 25.6. The van der Waals surface area contributed by atoms with Crippen LogP contribution in [0.15, 0.2) is 53.3 Å². The summed E-state index contributed by atoms with van der Waals surface area (Å²) < 4.78 is 7.83. The molecular weight excluding hydrogens is 380 g/mol. The molecule has 1 aromatic heterocycles. The molecule has 156 valence electrons. The second kappa shape index (κ2) is 7.29. The molecule has 2 N–H and O–H groups in total. The van der Waals surface area contributed by atoms with Crippen molar-refractivity contribution >= 4 is 16.8 Å². The number of rotatable bonds is 3. The highest BCUT2D eigenvalue weighted by atomic mass is 16.5. The molecule has 1 amide bonds. The van der Waals surface area contributed by atoms with Gasteiger partial charge < -0.3 is 19.7 Å². The first-order valence-corrected chi connectivity index (χ1v) is 10.0. The van der Waals surface area contributed by atoms with Crippen molar-refractivity contribution in [2.24, 2.45) is 0 Å². The molecule has 0 spiro atoms. The standard InChI is InChI=1S/C24H26N2O4/c1-14-8-7-9-16(12-14)13-26-18-11-6-5-10-17(18)21-19(23(26)29)20(25-15(2)27)22(28)24(3,4)30-21/h5-12,20,22,28H,13H2,1-4H3,(H,25,27)/t20-,22+/m0/s1. The van der Waals surface area contributed by atoms with Crippen LogP contribution in [0.2, 0.25) is 0 Å². The highest BCUT2D eigenvalue weighted by molar-refractivity contribution is 5.87. The normalized spacial score (nSPS) is 19.8. The van der Waals surface area contributed by atoms with Crippen LogP contribution in [-0.2, 0) is 11.3 Å². The lowest BCUT2D eigenvalue weighted by atomic mass is 9.86. The number of hydrogen-bond donors (Lipinski definition) is 2. The number of aryl methyl sites for hydroxylation is 1. The molecule has 2 aromatic carbocycles. The Balaban J connectivity index is 2.01. The van der Waals surface area contributed by atoms with Crippen LogP contribution in [0, 0.1) is 6.92 Å². The van der Waals surface area contributed by atoms with Gasteiger partial charge >= 0.3 is 0 Å². The van der Waals surface area contributed by atoms with Gasteiger partial charge in [-0.3, -0.25) is 9.59 Å². The topological polar surface area (TPSA) is 80.6 Å². The minimum Gasteiger partial charge on any atom is -0.484 e. The van der Waals surface area contributed by atoms with Crippen molar-refractivity contribution in [2.45, 2.75) is 52.0 Å². The van der Waals surface area contributed by atoms with Gasteiger partial charge in [0.05, 0.1) is 23.7 Å². The summed E-state index contributed by atoms with van der Waals surface area (Å²) in [6.07, 6.45) is -1.07. The number of pyridine rings is 1. The molecule has 3 aromatic rings. The molecule has 2 atom stereocenters. The third-order valence-corrected chi connectivity index (χ3v) is 5.65. The molecule has 0 bridgehead atoms. The van der Waals surface area contributed by atoms with Gasteiger partial charge in [-0.2, -0.15) is 0 Å². The van der Waals surface area contributed by atoms with E-state index < -0.39 is 17.7 Å². The maximum atomic E-state index is 13.7. The van der Waals surface area contributed by atoms with Gasteiger partial charge in [0.25, 0.3) is 5.56 Å². The van der Waals surface area contributed by atoms with E-state index in [-0.39, 0.29) is 17.0 Å². The quantitative estimate of drug-likeness (QED) is 0.701. The molecule has 0 saturated heterocycles. The zero-order valence-electron chi connectivity index (χ0n) is 17.6. The fourth-order valence-electron chi connectivity index (χ4n) is 4.19. The van der Waals surface area contributed by atoms with Crippen LogP contribution in [0.25, 0.3) is 10.9 Å². The number of benzene rings is 2. The van der Waals surface area contributed by atoms with Gasteiger partial charge in [0, 0.05) is 12.3 Å². The average Bonchev–Trinajstić information content (AvgIpc) is 2.68. The number of carbonyl (C=O) groups is 1. The van der Waals surface area contributed by atoms with Crippen molar-refractivity contribution in [3.63, 3.8) is 0 Å². The predicted molar refractivity (Wildman–Crippen MR) is 116 cm³/mol. The van der Waals surface area contributed by atoms with E-state index >= 15 is 0 Å². The first-order chi connectivity index (χ1) is 14.2. The Bertz CT molecular complexity index is 1200. The Morgan fingerprint density at radius 1 is 1.20 bits per heavy atom. The maximum absolute atomic E-state index is 13.7. The van der Waals surface area contributed by atoms with Gasteiger partial charge in [-0.1, -0.05) is 42.0 Å². The minimum absolute atomic E-state index is 0.279. The third-order valence-electron chi connectivity index (χ3n) is 5.65. The Morgan fingerprint density at radius 2 is 1.93 bits per heavy atom. The molecular formula is C24H26N2O4. The van der Waals surface area contributed by atoms with Crippen LogP contribution < -0.4 is 15.6 Å². The van der Waals surface area contributed by atoms with Gasteiger partial charge in [-0.25, -0.2) is 0 Å². The number of fused-ring (bicyclic) bond motifs is 3. The van der Waals surface area contributed by atoms with Gasteiger partial charge in [0.2, 0.25) is 5.91 Å². The lowest BCUT2D eigenvalue weighted by molar-refractivity contribution is -0.123. The van der Waals surface area contributed by atoms with Crippen molar-refractivity contribution in [3.05, 3.63) is 75.6 Å². The zero-order valence-corrected chi connectivity index (χ0v) is 17.6. The number of ether oxygens (including phenoxy) is 1. The molecule has 0 aliphatic carbocycles. The Labute approximate surface area is 175 Å². The number of aliphatic hydroxyl groups excluding tert-OH is 1. The summed E-state index contributed by atoms with van der Waals surface area (Å²) in [5, 5.41) is 14.5. The maximum Gasteiger partial charge on any atom is 0.260 e. The van der Waals surface area contributed by atoms with E-state index in [2.05, 4.69) is 5.32 Å². The lowest BCUT2D eigenvalue weighted by Crippen LogP contribution is -2.55. The molecule has 6 heteroatoms. The predicted octanol–water partition coefficient (Wildman–Crippen LogP) is 3.07. The first-order valence-electron chi connectivity index (χ1n) is 10.0. The highest BCUT2D eigenvalue weighted by Crippen LogP contribution is 2.42. The monoisotopic (exact) mass is 406 g/mol. The summed E-state index contributed by atoms with van der Waals surface area (Å²) in [6.45, 7) is 7.27. The van der Waals surface area contributed by atoms with E-state index in [4.69, 9.17) is 4.74 Å². The molecule has 1 aliphatic heterocycles. The molecule has 0 unspecified atom stereocenters. The van der Waals surface area contributed by atoms with Crippen molar-refractivity contribution in [1.29, 1.82) is 0 Å². The van der Waals surface area contributed by atoms with Crippen LogP contribution in [0.1, 0.15) is 43.5 Å².